The molecule has 0 amide bonds. The van der Waals surface area contributed by atoms with Crippen molar-refractivity contribution < 1.29 is 9.13 Å². The largest absolute Gasteiger partial charge is 0.454 e. The molecule has 0 heterocycles. The first-order valence-corrected chi connectivity index (χ1v) is 6.81. The lowest BCUT2D eigenvalue weighted by Gasteiger charge is -2.08. The van der Waals surface area contributed by atoms with Crippen LogP contribution in [-0.2, 0) is 6.42 Å². The van der Waals surface area contributed by atoms with Crippen LogP contribution in [0.3, 0.4) is 0 Å². The Morgan fingerprint density at radius 2 is 1.84 bits per heavy atom. The zero-order valence-corrected chi connectivity index (χ0v) is 11.2. The molecule has 19 heavy (non-hydrogen) atoms. The number of benzene rings is 2. The maximum Gasteiger partial charge on any atom is 0.165 e. The van der Waals surface area contributed by atoms with Crippen molar-refractivity contribution in [3.8, 4) is 11.5 Å². The third-order valence-electron chi connectivity index (χ3n) is 3.03. The van der Waals surface area contributed by atoms with Crippen LogP contribution < -0.4 is 4.74 Å². The van der Waals surface area contributed by atoms with Crippen molar-refractivity contribution in [2.45, 2.75) is 32.6 Å². The van der Waals surface area contributed by atoms with Crippen molar-refractivity contribution in [3.05, 3.63) is 59.9 Å². The maximum atomic E-state index is 13.5. The average Bonchev–Trinajstić information content (AvgIpc) is 2.42. The SMILES string of the molecule is CCCCCc1cccc(Oc2ccccc2F)c1. The van der Waals surface area contributed by atoms with Crippen LogP contribution in [-0.4, -0.2) is 0 Å². The minimum Gasteiger partial charge on any atom is -0.454 e. The molecule has 0 spiro atoms. The number of aryl methyl sites for hydroxylation is 1. The van der Waals surface area contributed by atoms with Crippen LogP contribution in [0.4, 0.5) is 4.39 Å². The Morgan fingerprint density at radius 3 is 2.63 bits per heavy atom. The lowest BCUT2D eigenvalue weighted by molar-refractivity contribution is 0.441. The molecule has 100 valence electrons. The summed E-state index contributed by atoms with van der Waals surface area (Å²) in [4.78, 5) is 0. The summed E-state index contributed by atoms with van der Waals surface area (Å²) in [5, 5.41) is 0. The molecular formula is C17H19FO. The summed E-state index contributed by atoms with van der Waals surface area (Å²) in [6.07, 6.45) is 4.67. The Balaban J connectivity index is 2.05. The third-order valence-corrected chi connectivity index (χ3v) is 3.03. The molecule has 0 aliphatic heterocycles. The van der Waals surface area contributed by atoms with Gasteiger partial charge in [0, 0.05) is 0 Å². The Bertz CT molecular complexity index is 522. The van der Waals surface area contributed by atoms with Crippen LogP contribution in [0.2, 0.25) is 0 Å². The summed E-state index contributed by atoms with van der Waals surface area (Å²) in [5.74, 6) is 0.631. The third kappa shape index (κ3) is 4.09. The molecule has 0 saturated heterocycles. The van der Waals surface area contributed by atoms with Crippen LogP contribution in [0.15, 0.2) is 48.5 Å². The second-order valence-corrected chi connectivity index (χ2v) is 4.64. The van der Waals surface area contributed by atoms with Crippen molar-refractivity contribution >= 4 is 0 Å². The zero-order chi connectivity index (χ0) is 13.5. The predicted molar refractivity (Wildman–Crippen MR) is 76.1 cm³/mol. The van der Waals surface area contributed by atoms with E-state index < -0.39 is 0 Å². The fraction of sp³-hybridized carbons (Fsp3) is 0.294. The van der Waals surface area contributed by atoms with Gasteiger partial charge in [0.1, 0.15) is 5.75 Å². The molecule has 0 N–H and O–H groups in total. The molecule has 0 radical (unpaired) electrons. The number of halogens is 1. The van der Waals surface area contributed by atoms with Crippen molar-refractivity contribution in [2.24, 2.45) is 0 Å². The Hall–Kier alpha value is -1.83. The quantitative estimate of drug-likeness (QED) is 0.634. The molecule has 0 aliphatic carbocycles. The second kappa shape index (κ2) is 6.93. The summed E-state index contributed by atoms with van der Waals surface area (Å²) < 4.78 is 19.1. The maximum absolute atomic E-state index is 13.5. The van der Waals surface area contributed by atoms with Gasteiger partial charge in [-0.1, -0.05) is 44.0 Å². The summed E-state index contributed by atoms with van der Waals surface area (Å²) in [5.41, 5.74) is 1.24. The van der Waals surface area contributed by atoms with E-state index in [-0.39, 0.29) is 11.6 Å². The normalized spacial score (nSPS) is 10.4. The Labute approximate surface area is 114 Å². The topological polar surface area (TPSA) is 9.23 Å². The van der Waals surface area contributed by atoms with Crippen LogP contribution in [0.5, 0.6) is 11.5 Å². The molecule has 1 nitrogen and oxygen atoms in total. The van der Waals surface area contributed by atoms with E-state index in [0.717, 1.165) is 6.42 Å². The summed E-state index contributed by atoms with van der Waals surface area (Å²) in [6, 6.07) is 14.4. The minimum atomic E-state index is -0.334. The van der Waals surface area contributed by atoms with Crippen molar-refractivity contribution in [1.82, 2.24) is 0 Å². The average molecular weight is 258 g/mol. The highest BCUT2D eigenvalue weighted by Crippen LogP contribution is 2.25. The number of unbranched alkanes of at least 4 members (excludes halogenated alkanes) is 2. The van der Waals surface area contributed by atoms with E-state index in [2.05, 4.69) is 13.0 Å². The van der Waals surface area contributed by atoms with Gasteiger partial charge < -0.3 is 4.74 Å². The van der Waals surface area contributed by atoms with E-state index in [1.807, 2.05) is 18.2 Å². The molecule has 0 saturated carbocycles. The summed E-state index contributed by atoms with van der Waals surface area (Å²) in [6.45, 7) is 2.19. The van der Waals surface area contributed by atoms with E-state index in [0.29, 0.717) is 5.75 Å². The molecule has 0 aliphatic rings. The fourth-order valence-electron chi connectivity index (χ4n) is 2.00. The summed E-state index contributed by atoms with van der Waals surface area (Å²) in [7, 11) is 0. The van der Waals surface area contributed by atoms with Crippen LogP contribution in [0.1, 0.15) is 31.7 Å². The van der Waals surface area contributed by atoms with E-state index >= 15 is 0 Å². The molecule has 0 fully saturated rings. The van der Waals surface area contributed by atoms with Gasteiger partial charge in [0.25, 0.3) is 0 Å². The zero-order valence-electron chi connectivity index (χ0n) is 11.2. The predicted octanol–water partition coefficient (Wildman–Crippen LogP) is 5.35. The molecule has 2 aromatic carbocycles. The number of ether oxygens (including phenoxy) is 1. The first kappa shape index (κ1) is 13.6. The van der Waals surface area contributed by atoms with Gasteiger partial charge >= 0.3 is 0 Å². The lowest BCUT2D eigenvalue weighted by atomic mass is 10.1. The van der Waals surface area contributed by atoms with E-state index in [4.69, 9.17) is 4.74 Å². The Morgan fingerprint density at radius 1 is 1.00 bits per heavy atom. The van der Waals surface area contributed by atoms with E-state index in [9.17, 15) is 4.39 Å². The second-order valence-electron chi connectivity index (χ2n) is 4.64. The van der Waals surface area contributed by atoms with Gasteiger partial charge in [0.15, 0.2) is 11.6 Å². The molecule has 2 aromatic rings. The molecule has 0 unspecified atom stereocenters. The van der Waals surface area contributed by atoms with E-state index in [1.165, 1.54) is 30.9 Å². The first-order chi connectivity index (χ1) is 9.29. The minimum absolute atomic E-state index is 0.271. The molecule has 2 rings (SSSR count). The first-order valence-electron chi connectivity index (χ1n) is 6.81. The van der Waals surface area contributed by atoms with Gasteiger partial charge in [-0.2, -0.15) is 0 Å². The van der Waals surface area contributed by atoms with Crippen LogP contribution in [0, 0.1) is 5.82 Å². The monoisotopic (exact) mass is 258 g/mol. The van der Waals surface area contributed by atoms with Crippen molar-refractivity contribution in [3.63, 3.8) is 0 Å². The number of rotatable bonds is 6. The van der Waals surface area contributed by atoms with Gasteiger partial charge in [-0.25, -0.2) is 4.39 Å². The van der Waals surface area contributed by atoms with Gasteiger partial charge in [-0.3, -0.25) is 0 Å². The Kier molecular flexibility index (Phi) is 4.96. The summed E-state index contributed by atoms with van der Waals surface area (Å²) >= 11 is 0. The molecular weight excluding hydrogens is 239 g/mol. The molecule has 0 aromatic heterocycles. The van der Waals surface area contributed by atoms with Gasteiger partial charge in [0.2, 0.25) is 0 Å². The molecule has 0 bridgehead atoms. The molecule has 2 heteroatoms. The highest BCUT2D eigenvalue weighted by Gasteiger charge is 2.03. The van der Waals surface area contributed by atoms with Gasteiger partial charge in [0.05, 0.1) is 0 Å². The smallest absolute Gasteiger partial charge is 0.165 e. The lowest BCUT2D eigenvalue weighted by Crippen LogP contribution is -1.90. The van der Waals surface area contributed by atoms with Crippen LogP contribution in [0.25, 0.3) is 0 Å². The highest BCUT2D eigenvalue weighted by molar-refractivity contribution is 5.34. The molecule has 0 atom stereocenters. The van der Waals surface area contributed by atoms with Crippen molar-refractivity contribution in [1.29, 1.82) is 0 Å². The van der Waals surface area contributed by atoms with Gasteiger partial charge in [-0.15, -0.1) is 0 Å². The fourth-order valence-corrected chi connectivity index (χ4v) is 2.00. The number of hydrogen-bond acceptors (Lipinski definition) is 1. The van der Waals surface area contributed by atoms with E-state index in [1.54, 1.807) is 18.2 Å². The number of para-hydroxylation sites is 1. The standard InChI is InChI=1S/C17H19FO/c1-2-3-4-8-14-9-7-10-15(13-14)19-17-12-6-5-11-16(17)18/h5-7,9-13H,2-4,8H2,1H3. The van der Waals surface area contributed by atoms with Crippen molar-refractivity contribution in [2.75, 3.05) is 0 Å². The highest BCUT2D eigenvalue weighted by atomic mass is 19.1. The van der Waals surface area contributed by atoms with Crippen LogP contribution >= 0.6 is 0 Å². The van der Waals surface area contributed by atoms with Gasteiger partial charge in [-0.05, 0) is 42.7 Å². The number of hydrogen-bond donors (Lipinski definition) is 0.